The first-order valence-electron chi connectivity index (χ1n) is 16.5. The first-order valence-corrected chi connectivity index (χ1v) is 16.5. The van der Waals surface area contributed by atoms with Gasteiger partial charge in [-0.3, -0.25) is 9.59 Å². The number of fused-ring (bicyclic) bond motifs is 10. The van der Waals surface area contributed by atoms with Crippen molar-refractivity contribution in [3.63, 3.8) is 0 Å². The van der Waals surface area contributed by atoms with E-state index in [1.54, 1.807) is 24.3 Å². The van der Waals surface area contributed by atoms with Gasteiger partial charge >= 0.3 is 0 Å². The highest BCUT2D eigenvalue weighted by molar-refractivity contribution is 6.12. The van der Waals surface area contributed by atoms with E-state index >= 15 is 0 Å². The fourth-order valence-electron chi connectivity index (χ4n) is 7.93. The van der Waals surface area contributed by atoms with E-state index in [1.807, 2.05) is 72.8 Å². The van der Waals surface area contributed by atoms with Gasteiger partial charge in [0.1, 0.15) is 11.2 Å². The third-order valence-electron chi connectivity index (χ3n) is 10.1. The standard InChI is InChI=1S/C44H24N2O4/c47-41-29-15-9-21-37(45-33-17-5-1-11-25(33)26-12-2-6-18-34(26)45)43(29)49-39-23-32-40(24-31(39)41)50-44-30(42(32)48)16-10-22-38(44)46-35-19-7-3-13-27(35)28-14-4-8-20-36(28)46/h1-24H. The van der Waals surface area contributed by atoms with Crippen molar-refractivity contribution in [2.45, 2.75) is 0 Å². The molecule has 11 aromatic rings. The summed E-state index contributed by atoms with van der Waals surface area (Å²) in [6, 6.07) is 47.5. The average Bonchev–Trinajstić information content (AvgIpc) is 3.67. The Hall–Kier alpha value is -6.92. The number of benzene rings is 7. The van der Waals surface area contributed by atoms with Crippen LogP contribution in [0.1, 0.15) is 0 Å². The number of aromatic nitrogens is 2. The summed E-state index contributed by atoms with van der Waals surface area (Å²) in [4.78, 5) is 28.6. The second-order valence-electron chi connectivity index (χ2n) is 12.8. The van der Waals surface area contributed by atoms with Crippen molar-refractivity contribution in [2.24, 2.45) is 0 Å². The molecule has 50 heavy (non-hydrogen) atoms. The monoisotopic (exact) mass is 644 g/mol. The molecule has 6 heteroatoms. The summed E-state index contributed by atoms with van der Waals surface area (Å²) < 4.78 is 17.5. The van der Waals surface area contributed by atoms with Gasteiger partial charge in [0.25, 0.3) is 0 Å². The van der Waals surface area contributed by atoms with Crippen molar-refractivity contribution in [3.8, 4) is 11.4 Å². The maximum Gasteiger partial charge on any atom is 0.200 e. The Morgan fingerprint density at radius 2 is 0.660 bits per heavy atom. The lowest BCUT2D eigenvalue weighted by Gasteiger charge is -2.12. The smallest absolute Gasteiger partial charge is 0.200 e. The lowest BCUT2D eigenvalue weighted by molar-refractivity contribution is 0.650. The van der Waals surface area contributed by atoms with Gasteiger partial charge in [0.15, 0.2) is 11.2 Å². The molecule has 11 rings (SSSR count). The van der Waals surface area contributed by atoms with Gasteiger partial charge in [-0.2, -0.15) is 0 Å². The molecule has 0 aliphatic carbocycles. The van der Waals surface area contributed by atoms with Crippen LogP contribution >= 0.6 is 0 Å². The number of nitrogens with zero attached hydrogens (tertiary/aromatic N) is 2. The van der Waals surface area contributed by atoms with Gasteiger partial charge in [-0.15, -0.1) is 0 Å². The van der Waals surface area contributed by atoms with Gasteiger partial charge in [-0.1, -0.05) is 84.9 Å². The minimum Gasteiger partial charge on any atom is -0.454 e. The molecule has 0 aliphatic rings. The van der Waals surface area contributed by atoms with Gasteiger partial charge in [-0.05, 0) is 60.7 Å². The third-order valence-corrected chi connectivity index (χ3v) is 10.1. The zero-order valence-corrected chi connectivity index (χ0v) is 26.4. The molecule has 4 heterocycles. The molecule has 0 N–H and O–H groups in total. The van der Waals surface area contributed by atoms with Crippen molar-refractivity contribution >= 4 is 87.5 Å². The number of hydrogen-bond acceptors (Lipinski definition) is 4. The van der Waals surface area contributed by atoms with Crippen LogP contribution in [0.4, 0.5) is 0 Å². The molecule has 0 unspecified atom stereocenters. The maximum atomic E-state index is 14.3. The summed E-state index contributed by atoms with van der Waals surface area (Å²) in [7, 11) is 0. The molecule has 7 aromatic carbocycles. The van der Waals surface area contributed by atoms with Crippen LogP contribution in [0.25, 0.3) is 98.9 Å². The van der Waals surface area contributed by atoms with Gasteiger partial charge in [0.05, 0.1) is 55.0 Å². The summed E-state index contributed by atoms with van der Waals surface area (Å²) >= 11 is 0. The van der Waals surface area contributed by atoms with Gasteiger partial charge in [0, 0.05) is 21.5 Å². The van der Waals surface area contributed by atoms with E-state index in [2.05, 4.69) is 57.7 Å². The molecule has 0 saturated heterocycles. The van der Waals surface area contributed by atoms with E-state index in [1.165, 1.54) is 0 Å². The Balaban J connectivity index is 1.20. The highest BCUT2D eigenvalue weighted by Crippen LogP contribution is 2.37. The Bertz CT molecular complexity index is 3040. The summed E-state index contributed by atoms with van der Waals surface area (Å²) in [5.74, 6) is 0. The highest BCUT2D eigenvalue weighted by atomic mass is 16.3. The van der Waals surface area contributed by atoms with Gasteiger partial charge < -0.3 is 18.0 Å². The molecule has 0 saturated carbocycles. The van der Waals surface area contributed by atoms with Crippen LogP contribution < -0.4 is 10.9 Å². The molecule has 0 bridgehead atoms. The summed E-state index contributed by atoms with van der Waals surface area (Å²) in [5, 5.41) is 6.04. The summed E-state index contributed by atoms with van der Waals surface area (Å²) in [6.07, 6.45) is 0. The molecule has 0 spiro atoms. The average molecular weight is 645 g/mol. The molecule has 234 valence electrons. The van der Waals surface area contributed by atoms with E-state index < -0.39 is 0 Å². The van der Waals surface area contributed by atoms with E-state index in [0.717, 1.165) is 55.0 Å². The summed E-state index contributed by atoms with van der Waals surface area (Å²) in [6.45, 7) is 0. The molecule has 0 amide bonds. The van der Waals surface area contributed by atoms with Crippen LogP contribution in [0.3, 0.4) is 0 Å². The van der Waals surface area contributed by atoms with Crippen LogP contribution in [0.2, 0.25) is 0 Å². The molecule has 0 atom stereocenters. The van der Waals surface area contributed by atoms with Crippen LogP contribution in [-0.4, -0.2) is 9.13 Å². The van der Waals surface area contributed by atoms with Crippen molar-refractivity contribution in [1.29, 1.82) is 0 Å². The Labute approximate surface area is 282 Å². The lowest BCUT2D eigenvalue weighted by atomic mass is 10.1. The lowest BCUT2D eigenvalue weighted by Crippen LogP contribution is -2.08. The molecule has 0 fully saturated rings. The fourth-order valence-corrected chi connectivity index (χ4v) is 7.93. The minimum atomic E-state index is -0.191. The van der Waals surface area contributed by atoms with Gasteiger partial charge in [0.2, 0.25) is 10.9 Å². The molecule has 0 aliphatic heterocycles. The SMILES string of the molecule is O=c1c2cc3oc4c(-n5c6ccccc6c6ccccc65)cccc4c(=O)c3cc2oc2c(-n3c4ccccc4c4ccccc43)cccc12. The molecule has 0 radical (unpaired) electrons. The third kappa shape index (κ3) is 3.51. The second-order valence-corrected chi connectivity index (χ2v) is 12.8. The maximum absolute atomic E-state index is 14.3. The Morgan fingerprint density at radius 3 is 1.02 bits per heavy atom. The largest absolute Gasteiger partial charge is 0.454 e. The molecular formula is C44H24N2O4. The first kappa shape index (κ1) is 27.1. The van der Waals surface area contributed by atoms with Crippen molar-refractivity contribution < 1.29 is 8.83 Å². The normalized spacial score (nSPS) is 12.2. The highest BCUT2D eigenvalue weighted by Gasteiger charge is 2.21. The zero-order chi connectivity index (χ0) is 33.1. The minimum absolute atomic E-state index is 0.191. The Kier molecular flexibility index (Phi) is 5.31. The zero-order valence-electron chi connectivity index (χ0n) is 26.4. The number of rotatable bonds is 2. The predicted molar refractivity (Wildman–Crippen MR) is 202 cm³/mol. The second kappa shape index (κ2) is 9.81. The molecular weight excluding hydrogens is 620 g/mol. The number of para-hydroxylation sites is 6. The topological polar surface area (TPSA) is 70.3 Å². The van der Waals surface area contributed by atoms with Crippen molar-refractivity contribution in [1.82, 2.24) is 9.13 Å². The summed E-state index contributed by atoms with van der Waals surface area (Å²) in [5.41, 5.74) is 6.71. The van der Waals surface area contributed by atoms with Crippen LogP contribution in [0.15, 0.2) is 164 Å². The van der Waals surface area contributed by atoms with E-state index in [9.17, 15) is 9.59 Å². The van der Waals surface area contributed by atoms with Crippen molar-refractivity contribution in [3.05, 3.63) is 166 Å². The first-order chi connectivity index (χ1) is 24.7. The van der Waals surface area contributed by atoms with Crippen LogP contribution in [0.5, 0.6) is 0 Å². The van der Waals surface area contributed by atoms with Crippen LogP contribution in [-0.2, 0) is 0 Å². The quantitative estimate of drug-likeness (QED) is 0.176. The van der Waals surface area contributed by atoms with Gasteiger partial charge in [-0.25, -0.2) is 0 Å². The van der Waals surface area contributed by atoms with E-state index in [0.29, 0.717) is 43.9 Å². The molecule has 4 aromatic heterocycles. The van der Waals surface area contributed by atoms with E-state index in [-0.39, 0.29) is 10.9 Å². The number of hydrogen-bond donors (Lipinski definition) is 0. The van der Waals surface area contributed by atoms with E-state index in [4.69, 9.17) is 8.83 Å². The van der Waals surface area contributed by atoms with Crippen molar-refractivity contribution in [2.75, 3.05) is 0 Å². The fraction of sp³-hybridized carbons (Fsp3) is 0. The van der Waals surface area contributed by atoms with Crippen LogP contribution in [0, 0.1) is 0 Å². The Morgan fingerprint density at radius 1 is 0.340 bits per heavy atom. The molecule has 6 nitrogen and oxygen atoms in total. The predicted octanol–water partition coefficient (Wildman–Crippen LogP) is 10.4.